The van der Waals surface area contributed by atoms with Gasteiger partial charge in [0.05, 0.1) is 11.7 Å². The van der Waals surface area contributed by atoms with E-state index in [0.29, 0.717) is 0 Å². The van der Waals surface area contributed by atoms with Crippen LogP contribution in [0.4, 0.5) is 0 Å². The van der Waals surface area contributed by atoms with E-state index in [2.05, 4.69) is 10.3 Å². The fourth-order valence-corrected chi connectivity index (χ4v) is 1.12. The minimum Gasteiger partial charge on any atom is -0.344 e. The molecule has 0 unspecified atom stereocenters. The Kier molecular flexibility index (Phi) is 3.85. The molecule has 0 spiro atoms. The summed E-state index contributed by atoms with van der Waals surface area (Å²) in [6.45, 7) is 3.72. The molecule has 0 bridgehead atoms. The van der Waals surface area contributed by atoms with Crippen molar-refractivity contribution in [3.63, 3.8) is 0 Å². The van der Waals surface area contributed by atoms with Crippen LogP contribution in [0.15, 0.2) is 36.5 Å². The molecule has 1 aromatic rings. The molecule has 0 saturated heterocycles. The average molecular weight is 190 g/mol. The van der Waals surface area contributed by atoms with Crippen LogP contribution in [0.1, 0.15) is 25.6 Å². The summed E-state index contributed by atoms with van der Waals surface area (Å²) < 4.78 is 0. The van der Waals surface area contributed by atoms with E-state index in [9.17, 15) is 4.79 Å². The standard InChI is InChI=1S/C11H14N2O/c1-3-6-11(14)13-9(2)10-7-4-5-8-12-10/h3-9H,1-2H3,(H,13,14)/b6-3+/t9-/m1/s1. The lowest BCUT2D eigenvalue weighted by Crippen LogP contribution is -2.25. The third kappa shape index (κ3) is 3.01. The maximum absolute atomic E-state index is 11.2. The Balaban J connectivity index is 2.59. The van der Waals surface area contributed by atoms with E-state index in [0.717, 1.165) is 5.69 Å². The lowest BCUT2D eigenvalue weighted by Gasteiger charge is -2.11. The van der Waals surface area contributed by atoms with E-state index >= 15 is 0 Å². The molecule has 0 fully saturated rings. The van der Waals surface area contributed by atoms with Crippen LogP contribution in [-0.2, 0) is 4.79 Å². The Labute approximate surface area is 83.9 Å². The van der Waals surface area contributed by atoms with Crippen molar-refractivity contribution in [1.82, 2.24) is 10.3 Å². The second-order valence-electron chi connectivity index (χ2n) is 2.98. The summed E-state index contributed by atoms with van der Waals surface area (Å²) in [5.74, 6) is -0.0920. The molecule has 0 saturated carbocycles. The fourth-order valence-electron chi connectivity index (χ4n) is 1.12. The fraction of sp³-hybridized carbons (Fsp3) is 0.273. The number of rotatable bonds is 3. The number of allylic oxidation sites excluding steroid dienone is 1. The third-order valence-corrected chi connectivity index (χ3v) is 1.81. The smallest absolute Gasteiger partial charge is 0.244 e. The van der Waals surface area contributed by atoms with Crippen molar-refractivity contribution < 1.29 is 4.79 Å². The number of hydrogen-bond donors (Lipinski definition) is 1. The number of aromatic nitrogens is 1. The van der Waals surface area contributed by atoms with E-state index in [4.69, 9.17) is 0 Å². The van der Waals surface area contributed by atoms with E-state index < -0.39 is 0 Å². The van der Waals surface area contributed by atoms with Gasteiger partial charge in [-0.3, -0.25) is 9.78 Å². The second kappa shape index (κ2) is 5.17. The number of pyridine rings is 1. The lowest BCUT2D eigenvalue weighted by atomic mass is 10.2. The third-order valence-electron chi connectivity index (χ3n) is 1.81. The van der Waals surface area contributed by atoms with Crippen LogP contribution in [0.3, 0.4) is 0 Å². The number of nitrogens with zero attached hydrogens (tertiary/aromatic N) is 1. The second-order valence-corrected chi connectivity index (χ2v) is 2.98. The van der Waals surface area contributed by atoms with Gasteiger partial charge in [-0.15, -0.1) is 0 Å². The van der Waals surface area contributed by atoms with Crippen molar-refractivity contribution >= 4 is 5.91 Å². The highest BCUT2D eigenvalue weighted by atomic mass is 16.1. The first kappa shape index (κ1) is 10.4. The van der Waals surface area contributed by atoms with Crippen molar-refractivity contribution in [1.29, 1.82) is 0 Å². The Hall–Kier alpha value is -1.64. The molecule has 1 N–H and O–H groups in total. The van der Waals surface area contributed by atoms with Gasteiger partial charge >= 0.3 is 0 Å². The van der Waals surface area contributed by atoms with Crippen LogP contribution in [0.2, 0.25) is 0 Å². The highest BCUT2D eigenvalue weighted by molar-refractivity contribution is 5.87. The Morgan fingerprint density at radius 1 is 1.57 bits per heavy atom. The normalized spacial score (nSPS) is 12.7. The van der Waals surface area contributed by atoms with E-state index in [1.807, 2.05) is 32.0 Å². The molecule has 3 nitrogen and oxygen atoms in total. The maximum Gasteiger partial charge on any atom is 0.244 e. The first-order valence-electron chi connectivity index (χ1n) is 4.58. The molecule has 3 heteroatoms. The van der Waals surface area contributed by atoms with Crippen LogP contribution >= 0.6 is 0 Å². The van der Waals surface area contributed by atoms with Gasteiger partial charge < -0.3 is 5.32 Å². The number of carbonyl (C=O) groups excluding carboxylic acids is 1. The summed E-state index contributed by atoms with van der Waals surface area (Å²) in [6, 6.07) is 5.59. The molecular formula is C11H14N2O. The summed E-state index contributed by atoms with van der Waals surface area (Å²) in [4.78, 5) is 15.4. The summed E-state index contributed by atoms with van der Waals surface area (Å²) in [6.07, 6.45) is 4.92. The van der Waals surface area contributed by atoms with Crippen molar-refractivity contribution in [3.05, 3.63) is 42.2 Å². The lowest BCUT2D eigenvalue weighted by molar-refractivity contribution is -0.117. The zero-order valence-corrected chi connectivity index (χ0v) is 8.40. The van der Waals surface area contributed by atoms with Crippen LogP contribution in [0.25, 0.3) is 0 Å². The Morgan fingerprint density at radius 2 is 2.36 bits per heavy atom. The quantitative estimate of drug-likeness (QED) is 0.739. The summed E-state index contributed by atoms with van der Waals surface area (Å²) >= 11 is 0. The van der Waals surface area contributed by atoms with Gasteiger partial charge in [-0.05, 0) is 32.1 Å². The van der Waals surface area contributed by atoms with E-state index in [1.165, 1.54) is 6.08 Å². The van der Waals surface area contributed by atoms with Gasteiger partial charge in [0.2, 0.25) is 5.91 Å². The first-order valence-corrected chi connectivity index (χ1v) is 4.58. The molecule has 0 aromatic carbocycles. The Morgan fingerprint density at radius 3 is 2.93 bits per heavy atom. The molecule has 0 radical (unpaired) electrons. The predicted molar refractivity (Wildman–Crippen MR) is 55.6 cm³/mol. The minimum absolute atomic E-state index is 0.0556. The maximum atomic E-state index is 11.2. The summed E-state index contributed by atoms with van der Waals surface area (Å²) in [5.41, 5.74) is 0.866. The number of carbonyl (C=O) groups is 1. The van der Waals surface area contributed by atoms with Gasteiger partial charge in [-0.2, -0.15) is 0 Å². The highest BCUT2D eigenvalue weighted by Crippen LogP contribution is 2.07. The number of hydrogen-bond acceptors (Lipinski definition) is 2. The zero-order chi connectivity index (χ0) is 10.4. The number of amides is 1. The van der Waals surface area contributed by atoms with Crippen molar-refractivity contribution in [2.45, 2.75) is 19.9 Å². The molecular weight excluding hydrogens is 176 g/mol. The molecule has 0 aliphatic carbocycles. The largest absolute Gasteiger partial charge is 0.344 e. The van der Waals surface area contributed by atoms with Crippen molar-refractivity contribution in [2.24, 2.45) is 0 Å². The molecule has 1 aromatic heterocycles. The molecule has 14 heavy (non-hydrogen) atoms. The van der Waals surface area contributed by atoms with E-state index in [1.54, 1.807) is 12.3 Å². The average Bonchev–Trinajstić information content (AvgIpc) is 2.19. The molecule has 0 aliphatic heterocycles. The minimum atomic E-state index is -0.0920. The van der Waals surface area contributed by atoms with E-state index in [-0.39, 0.29) is 11.9 Å². The van der Waals surface area contributed by atoms with Crippen molar-refractivity contribution in [3.8, 4) is 0 Å². The van der Waals surface area contributed by atoms with Gasteiger partial charge in [0, 0.05) is 6.20 Å². The molecule has 1 atom stereocenters. The number of nitrogens with one attached hydrogen (secondary N) is 1. The monoisotopic (exact) mass is 190 g/mol. The molecule has 1 rings (SSSR count). The Bertz CT molecular complexity index is 319. The SMILES string of the molecule is C/C=C/C(=O)N[C@H](C)c1ccccn1. The predicted octanol–water partition coefficient (Wildman–Crippen LogP) is 1.83. The highest BCUT2D eigenvalue weighted by Gasteiger charge is 2.06. The topological polar surface area (TPSA) is 42.0 Å². The van der Waals surface area contributed by atoms with Gasteiger partial charge in [0.1, 0.15) is 0 Å². The zero-order valence-electron chi connectivity index (χ0n) is 8.40. The van der Waals surface area contributed by atoms with Crippen LogP contribution in [-0.4, -0.2) is 10.9 Å². The molecule has 0 aliphatic rings. The molecule has 1 amide bonds. The van der Waals surface area contributed by atoms with Gasteiger partial charge in [-0.25, -0.2) is 0 Å². The summed E-state index contributed by atoms with van der Waals surface area (Å²) in [5, 5.41) is 2.81. The van der Waals surface area contributed by atoms with Crippen molar-refractivity contribution in [2.75, 3.05) is 0 Å². The molecule has 74 valence electrons. The van der Waals surface area contributed by atoms with Crippen LogP contribution < -0.4 is 5.32 Å². The van der Waals surface area contributed by atoms with Gasteiger partial charge in [0.15, 0.2) is 0 Å². The summed E-state index contributed by atoms with van der Waals surface area (Å²) in [7, 11) is 0. The van der Waals surface area contributed by atoms with Crippen LogP contribution in [0.5, 0.6) is 0 Å². The first-order chi connectivity index (χ1) is 6.74. The van der Waals surface area contributed by atoms with Gasteiger partial charge in [0.25, 0.3) is 0 Å². The van der Waals surface area contributed by atoms with Crippen LogP contribution in [0, 0.1) is 0 Å². The molecule has 1 heterocycles. The van der Waals surface area contributed by atoms with Gasteiger partial charge in [-0.1, -0.05) is 12.1 Å².